The number of rotatable bonds is 7. The van der Waals surface area contributed by atoms with Crippen molar-refractivity contribution in [2.24, 2.45) is 0 Å². The number of para-hydroxylation sites is 2. The Bertz CT molecular complexity index is 1350. The van der Waals surface area contributed by atoms with Crippen LogP contribution in [0.5, 0.6) is 5.75 Å². The van der Waals surface area contributed by atoms with Crippen LogP contribution >= 0.6 is 0 Å². The number of amides is 2. The highest BCUT2D eigenvalue weighted by Gasteiger charge is 2.16. The van der Waals surface area contributed by atoms with Crippen LogP contribution in [0.4, 0.5) is 20.2 Å². The minimum atomic E-state index is -0.590. The van der Waals surface area contributed by atoms with Crippen LogP contribution in [0.15, 0.2) is 79.1 Å². The lowest BCUT2D eigenvalue weighted by atomic mass is 10.1. The Kier molecular flexibility index (Phi) is 6.63. The first-order valence-corrected chi connectivity index (χ1v) is 10.3. The molecular formula is C25H20F2N4O3. The van der Waals surface area contributed by atoms with Gasteiger partial charge in [-0.15, -0.1) is 0 Å². The van der Waals surface area contributed by atoms with Gasteiger partial charge in [0.25, 0.3) is 11.8 Å². The summed E-state index contributed by atoms with van der Waals surface area (Å²) in [6.45, 7) is 1.31. The van der Waals surface area contributed by atoms with Crippen LogP contribution in [-0.4, -0.2) is 28.0 Å². The van der Waals surface area contributed by atoms with E-state index in [9.17, 15) is 18.4 Å². The summed E-state index contributed by atoms with van der Waals surface area (Å²) in [5, 5.41) is 5.04. The summed E-state index contributed by atoms with van der Waals surface area (Å²) < 4.78 is 35.4. The Labute approximate surface area is 194 Å². The molecule has 0 aliphatic heterocycles. The number of halogens is 2. The monoisotopic (exact) mass is 462 g/mol. The molecule has 0 aliphatic carbocycles. The van der Waals surface area contributed by atoms with E-state index >= 15 is 0 Å². The van der Waals surface area contributed by atoms with Gasteiger partial charge >= 0.3 is 0 Å². The maximum atomic E-state index is 14.6. The number of nitrogens with zero attached hydrogens (tertiary/aromatic N) is 2. The van der Waals surface area contributed by atoms with E-state index in [1.165, 1.54) is 42.5 Å². The third-order valence-electron chi connectivity index (χ3n) is 4.93. The molecule has 7 nitrogen and oxygen atoms in total. The molecule has 4 aromatic rings. The summed E-state index contributed by atoms with van der Waals surface area (Å²) in [7, 11) is 0. The van der Waals surface area contributed by atoms with Crippen molar-refractivity contribution in [1.82, 2.24) is 9.55 Å². The van der Waals surface area contributed by atoms with E-state index in [2.05, 4.69) is 15.6 Å². The Morgan fingerprint density at radius 1 is 0.971 bits per heavy atom. The van der Waals surface area contributed by atoms with Crippen LogP contribution < -0.4 is 15.4 Å². The molecule has 0 unspecified atom stereocenters. The van der Waals surface area contributed by atoms with Crippen molar-refractivity contribution in [3.63, 3.8) is 0 Å². The molecular weight excluding hydrogens is 442 g/mol. The Morgan fingerprint density at radius 3 is 2.47 bits per heavy atom. The SMILES string of the molecule is Cc1nccn1-c1ccc(NC(=O)c2ccccc2OCC(=O)Nc2ccccc2F)cc1F. The van der Waals surface area contributed by atoms with Gasteiger partial charge in [0, 0.05) is 18.1 Å². The zero-order valence-corrected chi connectivity index (χ0v) is 18.1. The summed E-state index contributed by atoms with van der Waals surface area (Å²) >= 11 is 0. The number of benzene rings is 3. The molecule has 0 fully saturated rings. The Hall–Kier alpha value is -4.53. The molecule has 0 atom stereocenters. The topological polar surface area (TPSA) is 85.2 Å². The van der Waals surface area contributed by atoms with E-state index in [1.54, 1.807) is 48.1 Å². The van der Waals surface area contributed by atoms with E-state index < -0.39 is 30.1 Å². The molecule has 0 bridgehead atoms. The number of ether oxygens (including phenoxy) is 1. The van der Waals surface area contributed by atoms with Crippen LogP contribution in [-0.2, 0) is 4.79 Å². The predicted molar refractivity (Wildman–Crippen MR) is 123 cm³/mol. The minimum absolute atomic E-state index is 0.0264. The molecule has 172 valence electrons. The fraction of sp³-hybridized carbons (Fsp3) is 0.0800. The van der Waals surface area contributed by atoms with Crippen LogP contribution in [0.2, 0.25) is 0 Å². The van der Waals surface area contributed by atoms with Gasteiger partial charge in [0.2, 0.25) is 0 Å². The zero-order valence-electron chi connectivity index (χ0n) is 18.1. The number of carbonyl (C=O) groups is 2. The number of hydrogen-bond acceptors (Lipinski definition) is 4. The van der Waals surface area contributed by atoms with Gasteiger partial charge in [0.1, 0.15) is 23.2 Å². The van der Waals surface area contributed by atoms with Gasteiger partial charge in [0.15, 0.2) is 6.61 Å². The van der Waals surface area contributed by atoms with Gasteiger partial charge in [-0.25, -0.2) is 13.8 Å². The van der Waals surface area contributed by atoms with Crippen molar-refractivity contribution < 1.29 is 23.1 Å². The molecule has 0 radical (unpaired) electrons. The number of imidazole rings is 1. The number of aryl methyl sites for hydroxylation is 1. The Balaban J connectivity index is 1.43. The first-order valence-electron chi connectivity index (χ1n) is 10.3. The van der Waals surface area contributed by atoms with Crippen molar-refractivity contribution >= 4 is 23.2 Å². The molecule has 2 amide bonds. The van der Waals surface area contributed by atoms with E-state index in [1.807, 2.05) is 0 Å². The fourth-order valence-electron chi connectivity index (χ4n) is 3.28. The molecule has 3 aromatic carbocycles. The number of hydrogen-bond donors (Lipinski definition) is 2. The lowest BCUT2D eigenvalue weighted by Gasteiger charge is -2.13. The standard InChI is InChI=1S/C25H20F2N4O3/c1-16-28-12-13-31(16)22-11-10-17(14-20(22)27)29-25(33)18-6-2-5-9-23(18)34-15-24(32)30-21-8-4-3-7-19(21)26/h2-14H,15H2,1H3,(H,29,33)(H,30,32). The molecule has 0 saturated carbocycles. The summed E-state index contributed by atoms with van der Waals surface area (Å²) in [4.78, 5) is 29.0. The largest absolute Gasteiger partial charge is 0.483 e. The molecule has 2 N–H and O–H groups in total. The summed E-state index contributed by atoms with van der Waals surface area (Å²) in [5.74, 6) is -1.47. The van der Waals surface area contributed by atoms with Crippen molar-refractivity contribution in [3.05, 3.63) is 102 Å². The first-order chi connectivity index (χ1) is 16.4. The molecule has 1 aromatic heterocycles. The van der Waals surface area contributed by atoms with Gasteiger partial charge in [-0.2, -0.15) is 0 Å². The van der Waals surface area contributed by atoms with Crippen molar-refractivity contribution in [3.8, 4) is 11.4 Å². The lowest BCUT2D eigenvalue weighted by molar-refractivity contribution is -0.118. The van der Waals surface area contributed by atoms with Crippen LogP contribution in [0.3, 0.4) is 0 Å². The number of carbonyl (C=O) groups excluding carboxylic acids is 2. The molecule has 9 heteroatoms. The van der Waals surface area contributed by atoms with Crippen molar-refractivity contribution in [2.45, 2.75) is 6.92 Å². The van der Waals surface area contributed by atoms with E-state index in [0.29, 0.717) is 11.5 Å². The van der Waals surface area contributed by atoms with Crippen LogP contribution in [0.1, 0.15) is 16.2 Å². The molecule has 0 saturated heterocycles. The summed E-state index contributed by atoms with van der Waals surface area (Å²) in [5.41, 5.74) is 0.725. The number of nitrogens with one attached hydrogen (secondary N) is 2. The fourth-order valence-corrected chi connectivity index (χ4v) is 3.28. The van der Waals surface area contributed by atoms with Gasteiger partial charge in [-0.1, -0.05) is 24.3 Å². The lowest BCUT2D eigenvalue weighted by Crippen LogP contribution is -2.22. The molecule has 0 aliphatic rings. The van der Waals surface area contributed by atoms with Crippen molar-refractivity contribution in [1.29, 1.82) is 0 Å². The van der Waals surface area contributed by atoms with E-state index in [0.717, 1.165) is 0 Å². The average Bonchev–Trinajstić information content (AvgIpc) is 3.25. The minimum Gasteiger partial charge on any atom is -0.483 e. The molecule has 4 rings (SSSR count). The average molecular weight is 462 g/mol. The highest BCUT2D eigenvalue weighted by Crippen LogP contribution is 2.23. The molecule has 34 heavy (non-hydrogen) atoms. The zero-order chi connectivity index (χ0) is 24.1. The second kappa shape index (κ2) is 9.95. The second-order valence-electron chi connectivity index (χ2n) is 7.28. The number of aromatic nitrogens is 2. The second-order valence-corrected chi connectivity index (χ2v) is 7.28. The quantitative estimate of drug-likeness (QED) is 0.416. The third kappa shape index (κ3) is 5.09. The van der Waals surface area contributed by atoms with Crippen LogP contribution in [0.25, 0.3) is 5.69 Å². The predicted octanol–water partition coefficient (Wildman–Crippen LogP) is 4.73. The van der Waals surface area contributed by atoms with Crippen LogP contribution in [0, 0.1) is 18.6 Å². The van der Waals surface area contributed by atoms with Gasteiger partial charge in [0.05, 0.1) is 16.9 Å². The molecule has 1 heterocycles. The van der Waals surface area contributed by atoms with E-state index in [-0.39, 0.29) is 22.7 Å². The summed E-state index contributed by atoms with van der Waals surface area (Å²) in [6.07, 6.45) is 3.21. The maximum absolute atomic E-state index is 14.6. The highest BCUT2D eigenvalue weighted by molar-refractivity contribution is 6.06. The highest BCUT2D eigenvalue weighted by atomic mass is 19.1. The smallest absolute Gasteiger partial charge is 0.262 e. The first kappa shape index (κ1) is 22.7. The maximum Gasteiger partial charge on any atom is 0.262 e. The van der Waals surface area contributed by atoms with Gasteiger partial charge in [-0.05, 0) is 49.4 Å². The Morgan fingerprint density at radius 2 is 1.74 bits per heavy atom. The normalized spacial score (nSPS) is 10.6. The van der Waals surface area contributed by atoms with Gasteiger partial charge < -0.3 is 19.9 Å². The molecule has 0 spiro atoms. The van der Waals surface area contributed by atoms with E-state index in [4.69, 9.17) is 4.74 Å². The third-order valence-corrected chi connectivity index (χ3v) is 4.93. The summed E-state index contributed by atoms with van der Waals surface area (Å²) in [6, 6.07) is 16.4. The number of anilines is 2. The van der Waals surface area contributed by atoms with Crippen molar-refractivity contribution in [2.75, 3.05) is 17.2 Å². The van der Waals surface area contributed by atoms with Gasteiger partial charge in [-0.3, -0.25) is 9.59 Å².